The topological polar surface area (TPSA) is 64.3 Å². The van der Waals surface area contributed by atoms with Gasteiger partial charge in [-0.05, 0) is 12.6 Å². The van der Waals surface area contributed by atoms with Crippen molar-refractivity contribution in [2.75, 3.05) is 13.2 Å². The number of rotatable bonds is 7. The van der Waals surface area contributed by atoms with Crippen LogP contribution in [0.3, 0.4) is 0 Å². The Balaban J connectivity index is 2.52. The lowest BCUT2D eigenvalue weighted by Gasteiger charge is -2.10. The second kappa shape index (κ2) is 6.85. The van der Waals surface area contributed by atoms with E-state index < -0.39 is 0 Å². The summed E-state index contributed by atoms with van der Waals surface area (Å²) in [6, 6.07) is 7.78. The van der Waals surface area contributed by atoms with E-state index in [1.807, 2.05) is 24.3 Å². The van der Waals surface area contributed by atoms with Gasteiger partial charge in [0.25, 0.3) is 0 Å². The highest BCUT2D eigenvalue weighted by Crippen LogP contribution is 2.17. The molecule has 0 spiro atoms. The summed E-state index contributed by atoms with van der Waals surface area (Å²) in [5, 5.41) is 3.23. The molecule has 16 heavy (non-hydrogen) atoms. The van der Waals surface area contributed by atoms with Crippen LogP contribution >= 0.6 is 0 Å². The number of para-hydroxylation sites is 1. The number of benzene rings is 1. The fourth-order valence-electron chi connectivity index (χ4n) is 1.31. The molecular formula is C12H18N2O2. The second-order valence-electron chi connectivity index (χ2n) is 3.45. The number of hydrogen-bond acceptors (Lipinski definition) is 3. The Morgan fingerprint density at radius 1 is 1.44 bits per heavy atom. The second-order valence-corrected chi connectivity index (χ2v) is 3.45. The molecule has 0 aliphatic heterocycles. The van der Waals surface area contributed by atoms with Crippen LogP contribution in [0.15, 0.2) is 24.3 Å². The lowest BCUT2D eigenvalue weighted by molar-refractivity contribution is -0.118. The van der Waals surface area contributed by atoms with Crippen LogP contribution in [0.2, 0.25) is 0 Å². The van der Waals surface area contributed by atoms with Crippen molar-refractivity contribution in [1.29, 1.82) is 0 Å². The summed E-state index contributed by atoms with van der Waals surface area (Å²) in [5.74, 6) is 0.467. The molecule has 0 unspecified atom stereocenters. The molecule has 3 N–H and O–H groups in total. The standard InChI is InChI=1S/C12H18N2O2/c1-2-14-9-10-5-3-4-6-11(10)16-8-7-12(13)15/h3-6,14H,2,7-9H2,1H3,(H2,13,15). The molecule has 0 heterocycles. The zero-order valence-electron chi connectivity index (χ0n) is 9.53. The zero-order chi connectivity index (χ0) is 11.8. The monoisotopic (exact) mass is 222 g/mol. The fraction of sp³-hybridized carbons (Fsp3) is 0.417. The van der Waals surface area contributed by atoms with Crippen LogP contribution in [0.4, 0.5) is 0 Å². The van der Waals surface area contributed by atoms with Crippen molar-refractivity contribution < 1.29 is 9.53 Å². The number of primary amides is 1. The van der Waals surface area contributed by atoms with Crippen molar-refractivity contribution in [2.45, 2.75) is 19.9 Å². The van der Waals surface area contributed by atoms with E-state index in [0.717, 1.165) is 24.4 Å². The number of carbonyl (C=O) groups excluding carboxylic acids is 1. The molecule has 1 aromatic rings. The predicted octanol–water partition coefficient (Wildman–Crippen LogP) is 1.05. The van der Waals surface area contributed by atoms with E-state index in [2.05, 4.69) is 12.2 Å². The minimum Gasteiger partial charge on any atom is -0.493 e. The van der Waals surface area contributed by atoms with Crippen LogP contribution in [-0.2, 0) is 11.3 Å². The first-order valence-corrected chi connectivity index (χ1v) is 5.43. The van der Waals surface area contributed by atoms with E-state index >= 15 is 0 Å². The van der Waals surface area contributed by atoms with Gasteiger partial charge >= 0.3 is 0 Å². The van der Waals surface area contributed by atoms with Gasteiger partial charge in [0.2, 0.25) is 5.91 Å². The van der Waals surface area contributed by atoms with Crippen LogP contribution in [0.1, 0.15) is 18.9 Å². The summed E-state index contributed by atoms with van der Waals surface area (Å²) in [6.07, 6.45) is 0.246. The van der Waals surface area contributed by atoms with E-state index in [1.54, 1.807) is 0 Å². The summed E-state index contributed by atoms with van der Waals surface area (Å²) < 4.78 is 5.50. The van der Waals surface area contributed by atoms with Crippen molar-refractivity contribution in [3.05, 3.63) is 29.8 Å². The Kier molecular flexibility index (Phi) is 5.36. The third kappa shape index (κ3) is 4.31. The van der Waals surface area contributed by atoms with Gasteiger partial charge in [-0.3, -0.25) is 4.79 Å². The number of ether oxygens (including phenoxy) is 1. The van der Waals surface area contributed by atoms with Gasteiger partial charge in [0.05, 0.1) is 13.0 Å². The molecule has 4 nitrogen and oxygen atoms in total. The molecule has 0 aliphatic carbocycles. The molecular weight excluding hydrogens is 204 g/mol. The summed E-state index contributed by atoms with van der Waals surface area (Å²) in [7, 11) is 0. The van der Waals surface area contributed by atoms with E-state index in [0.29, 0.717) is 6.61 Å². The Bertz CT molecular complexity index is 340. The van der Waals surface area contributed by atoms with Gasteiger partial charge in [0, 0.05) is 12.1 Å². The first kappa shape index (κ1) is 12.5. The van der Waals surface area contributed by atoms with E-state index in [-0.39, 0.29) is 12.3 Å². The number of nitrogens with one attached hydrogen (secondary N) is 1. The van der Waals surface area contributed by atoms with Crippen LogP contribution in [0.5, 0.6) is 5.75 Å². The summed E-state index contributed by atoms with van der Waals surface area (Å²) in [5.41, 5.74) is 6.14. The molecule has 0 saturated heterocycles. The molecule has 4 heteroatoms. The number of hydrogen-bond donors (Lipinski definition) is 2. The number of carbonyl (C=O) groups is 1. The molecule has 0 aromatic heterocycles. The third-order valence-corrected chi connectivity index (χ3v) is 2.14. The maximum atomic E-state index is 10.6. The van der Waals surface area contributed by atoms with Gasteiger partial charge in [0.1, 0.15) is 5.75 Å². The smallest absolute Gasteiger partial charge is 0.220 e. The van der Waals surface area contributed by atoms with E-state index in [1.165, 1.54) is 0 Å². The van der Waals surface area contributed by atoms with Crippen LogP contribution < -0.4 is 15.8 Å². The summed E-state index contributed by atoms with van der Waals surface area (Å²) in [4.78, 5) is 10.6. The molecule has 0 radical (unpaired) electrons. The van der Waals surface area contributed by atoms with E-state index in [9.17, 15) is 4.79 Å². The number of amides is 1. The first-order valence-electron chi connectivity index (χ1n) is 5.43. The summed E-state index contributed by atoms with van der Waals surface area (Å²) >= 11 is 0. The van der Waals surface area contributed by atoms with Crippen LogP contribution in [0.25, 0.3) is 0 Å². The largest absolute Gasteiger partial charge is 0.493 e. The molecule has 0 aliphatic rings. The molecule has 1 aromatic carbocycles. The van der Waals surface area contributed by atoms with E-state index in [4.69, 9.17) is 10.5 Å². The average molecular weight is 222 g/mol. The van der Waals surface area contributed by atoms with Crippen molar-refractivity contribution in [3.63, 3.8) is 0 Å². The molecule has 0 saturated carbocycles. The Labute approximate surface area is 95.8 Å². The molecule has 1 amide bonds. The minimum atomic E-state index is -0.343. The van der Waals surface area contributed by atoms with Gasteiger partial charge < -0.3 is 15.8 Å². The fourth-order valence-corrected chi connectivity index (χ4v) is 1.31. The highest BCUT2D eigenvalue weighted by Gasteiger charge is 2.02. The maximum absolute atomic E-state index is 10.6. The van der Waals surface area contributed by atoms with Crippen LogP contribution in [0, 0.1) is 0 Å². The SMILES string of the molecule is CCNCc1ccccc1OCCC(N)=O. The van der Waals surface area contributed by atoms with Crippen LogP contribution in [-0.4, -0.2) is 19.1 Å². The Morgan fingerprint density at radius 2 is 2.19 bits per heavy atom. The molecule has 0 fully saturated rings. The molecule has 1 rings (SSSR count). The van der Waals surface area contributed by atoms with Gasteiger partial charge in [-0.15, -0.1) is 0 Å². The molecule has 0 atom stereocenters. The van der Waals surface area contributed by atoms with Gasteiger partial charge in [-0.1, -0.05) is 25.1 Å². The van der Waals surface area contributed by atoms with Crippen molar-refractivity contribution in [1.82, 2.24) is 5.32 Å². The molecule has 88 valence electrons. The van der Waals surface area contributed by atoms with Gasteiger partial charge in [0.15, 0.2) is 0 Å². The van der Waals surface area contributed by atoms with Gasteiger partial charge in [-0.25, -0.2) is 0 Å². The maximum Gasteiger partial charge on any atom is 0.220 e. The normalized spacial score (nSPS) is 10.1. The number of nitrogens with two attached hydrogens (primary N) is 1. The Hall–Kier alpha value is -1.55. The van der Waals surface area contributed by atoms with Gasteiger partial charge in [-0.2, -0.15) is 0 Å². The quantitative estimate of drug-likeness (QED) is 0.724. The average Bonchev–Trinajstić information content (AvgIpc) is 2.27. The zero-order valence-corrected chi connectivity index (χ0v) is 9.53. The Morgan fingerprint density at radius 3 is 2.88 bits per heavy atom. The lowest BCUT2D eigenvalue weighted by Crippen LogP contribution is -2.16. The van der Waals surface area contributed by atoms with Crippen molar-refractivity contribution in [3.8, 4) is 5.75 Å². The minimum absolute atomic E-state index is 0.246. The summed E-state index contributed by atoms with van der Waals surface area (Å²) in [6.45, 7) is 4.06. The third-order valence-electron chi connectivity index (χ3n) is 2.14. The van der Waals surface area contributed by atoms with Crippen molar-refractivity contribution in [2.24, 2.45) is 5.73 Å². The molecule has 0 bridgehead atoms. The highest BCUT2D eigenvalue weighted by molar-refractivity contribution is 5.73. The lowest BCUT2D eigenvalue weighted by atomic mass is 10.2. The van der Waals surface area contributed by atoms with Crippen molar-refractivity contribution >= 4 is 5.91 Å². The first-order chi connectivity index (χ1) is 7.74. The highest BCUT2D eigenvalue weighted by atomic mass is 16.5. The predicted molar refractivity (Wildman–Crippen MR) is 63.1 cm³/mol.